The van der Waals surface area contributed by atoms with Gasteiger partial charge in [0.2, 0.25) is 5.52 Å². The molecule has 0 spiro atoms. The molecular formula is C36H37N2+. The van der Waals surface area contributed by atoms with E-state index in [1.54, 1.807) is 0 Å². The molecule has 4 aromatic carbocycles. The van der Waals surface area contributed by atoms with Gasteiger partial charge < -0.3 is 4.40 Å². The molecule has 2 nitrogen and oxygen atoms in total. The number of fused-ring (bicyclic) bond motifs is 7. The summed E-state index contributed by atoms with van der Waals surface area (Å²) in [4.78, 5) is 0. The molecule has 0 saturated carbocycles. The molecule has 2 heteroatoms. The van der Waals surface area contributed by atoms with E-state index >= 15 is 0 Å². The van der Waals surface area contributed by atoms with Crippen LogP contribution in [0.4, 0.5) is 0 Å². The van der Waals surface area contributed by atoms with Crippen molar-refractivity contribution >= 4 is 59.8 Å². The Bertz CT molecular complexity index is 2080. The number of hydrogen-bond donors (Lipinski definition) is 0. The molecule has 0 aliphatic carbocycles. The summed E-state index contributed by atoms with van der Waals surface area (Å²) < 4.78 is 4.96. The molecule has 0 aliphatic heterocycles. The third-order valence-corrected chi connectivity index (χ3v) is 8.74. The van der Waals surface area contributed by atoms with Crippen LogP contribution in [0.25, 0.3) is 59.8 Å². The lowest BCUT2D eigenvalue weighted by molar-refractivity contribution is -0.643. The van der Waals surface area contributed by atoms with Gasteiger partial charge in [0.25, 0.3) is 0 Å². The monoisotopic (exact) mass is 497 g/mol. The number of pyridine rings is 2. The first-order valence-corrected chi connectivity index (χ1v) is 14.0. The van der Waals surface area contributed by atoms with E-state index in [1.165, 1.54) is 82.0 Å². The summed E-state index contributed by atoms with van der Waals surface area (Å²) in [6.45, 7) is 16.3. The summed E-state index contributed by atoms with van der Waals surface area (Å²) >= 11 is 0. The van der Waals surface area contributed by atoms with Gasteiger partial charge in [-0.3, -0.25) is 0 Å². The molecule has 0 atom stereocenters. The Labute approximate surface area is 224 Å². The van der Waals surface area contributed by atoms with Gasteiger partial charge >= 0.3 is 0 Å². The molecule has 190 valence electrons. The van der Waals surface area contributed by atoms with Crippen molar-refractivity contribution in [3.8, 4) is 0 Å². The van der Waals surface area contributed by atoms with Gasteiger partial charge in [-0.2, -0.15) is 0 Å². The third kappa shape index (κ3) is 3.04. The van der Waals surface area contributed by atoms with Gasteiger partial charge in [0.1, 0.15) is 7.05 Å². The minimum atomic E-state index is 0.256. The van der Waals surface area contributed by atoms with Gasteiger partial charge in [-0.15, -0.1) is 0 Å². The van der Waals surface area contributed by atoms with E-state index < -0.39 is 0 Å². The second-order valence-electron chi connectivity index (χ2n) is 13.0. The van der Waals surface area contributed by atoms with E-state index in [9.17, 15) is 0 Å². The Morgan fingerprint density at radius 3 is 2.29 bits per heavy atom. The summed E-state index contributed by atoms with van der Waals surface area (Å²) in [7, 11) is 2.22. The van der Waals surface area contributed by atoms with Crippen molar-refractivity contribution in [1.82, 2.24) is 4.40 Å². The van der Waals surface area contributed by atoms with E-state index in [0.29, 0.717) is 5.92 Å². The van der Waals surface area contributed by atoms with E-state index in [1.807, 2.05) is 0 Å². The minimum absolute atomic E-state index is 0.256. The van der Waals surface area contributed by atoms with E-state index in [2.05, 4.69) is 125 Å². The molecule has 7 aromatic rings. The number of rotatable bonds is 2. The molecule has 38 heavy (non-hydrogen) atoms. The highest BCUT2D eigenvalue weighted by atomic mass is 15.0. The fraction of sp³-hybridized carbons (Fsp3) is 0.306. The minimum Gasteiger partial charge on any atom is -0.307 e. The standard InChI is InChI=1S/C36H37N2/c1-20(2)27-18-24-15-16-37(8)34-30-21(3)28-17-23(19-36(5,6)7)13-14-25(28)22(4)33(30)38-29-12-10-9-11-26(29)32(27)35(38)31(24)34/h9-18,20H,19H2,1-8H3/q+1. The van der Waals surface area contributed by atoms with Gasteiger partial charge in [0, 0.05) is 16.8 Å². The lowest BCUT2D eigenvalue weighted by Crippen LogP contribution is -2.29. The number of hydrogen-bond acceptors (Lipinski definition) is 0. The Morgan fingerprint density at radius 1 is 0.789 bits per heavy atom. The van der Waals surface area contributed by atoms with Crippen LogP contribution in [0.1, 0.15) is 62.8 Å². The van der Waals surface area contributed by atoms with E-state index in [0.717, 1.165) is 6.42 Å². The summed E-state index contributed by atoms with van der Waals surface area (Å²) in [6.07, 6.45) is 3.33. The molecule has 0 amide bonds. The lowest BCUT2D eigenvalue weighted by Gasteiger charge is -2.21. The number of aromatic nitrogens is 2. The molecule has 0 unspecified atom stereocenters. The molecule has 0 bridgehead atoms. The predicted octanol–water partition coefficient (Wildman–Crippen LogP) is 9.30. The normalized spacial score (nSPS) is 13.1. The second-order valence-corrected chi connectivity index (χ2v) is 13.0. The van der Waals surface area contributed by atoms with Crippen LogP contribution in [0.15, 0.2) is 60.8 Å². The van der Waals surface area contributed by atoms with Crippen LogP contribution in [0, 0.1) is 19.3 Å². The van der Waals surface area contributed by atoms with Gasteiger partial charge in [0.05, 0.1) is 27.3 Å². The smallest absolute Gasteiger partial charge is 0.224 e. The molecule has 0 radical (unpaired) electrons. The zero-order valence-electron chi connectivity index (χ0n) is 24.0. The van der Waals surface area contributed by atoms with Crippen LogP contribution in [0.5, 0.6) is 0 Å². The van der Waals surface area contributed by atoms with Crippen molar-refractivity contribution in [3.63, 3.8) is 0 Å². The average Bonchev–Trinajstić information content (AvgIpc) is 3.21. The van der Waals surface area contributed by atoms with Crippen molar-refractivity contribution in [2.24, 2.45) is 12.5 Å². The van der Waals surface area contributed by atoms with Crippen LogP contribution in [0.2, 0.25) is 0 Å². The Kier molecular flexibility index (Phi) is 4.75. The molecule has 0 N–H and O–H groups in total. The maximum Gasteiger partial charge on any atom is 0.224 e. The van der Waals surface area contributed by atoms with E-state index in [-0.39, 0.29) is 5.41 Å². The quantitative estimate of drug-likeness (QED) is 0.128. The average molecular weight is 498 g/mol. The summed E-state index contributed by atoms with van der Waals surface area (Å²) in [5.74, 6) is 0.443. The van der Waals surface area contributed by atoms with Gasteiger partial charge in [0.15, 0.2) is 6.20 Å². The molecule has 3 heterocycles. The second kappa shape index (κ2) is 7.69. The Morgan fingerprint density at radius 2 is 1.55 bits per heavy atom. The highest BCUT2D eigenvalue weighted by Gasteiger charge is 2.28. The van der Waals surface area contributed by atoms with Crippen molar-refractivity contribution in [2.45, 2.75) is 60.8 Å². The van der Waals surface area contributed by atoms with Gasteiger partial charge in [-0.1, -0.05) is 71.0 Å². The Hall–Kier alpha value is -3.65. The van der Waals surface area contributed by atoms with Crippen molar-refractivity contribution in [1.29, 1.82) is 0 Å². The number of aryl methyl sites for hydroxylation is 3. The maximum absolute atomic E-state index is 2.60. The first-order chi connectivity index (χ1) is 18.1. The number of para-hydroxylation sites is 1. The largest absolute Gasteiger partial charge is 0.307 e. The highest BCUT2D eigenvalue weighted by molar-refractivity contribution is 6.29. The molecule has 7 rings (SSSR count). The van der Waals surface area contributed by atoms with Gasteiger partial charge in [-0.25, -0.2) is 4.57 Å². The van der Waals surface area contributed by atoms with Crippen LogP contribution < -0.4 is 4.57 Å². The molecule has 0 saturated heterocycles. The molecular weight excluding hydrogens is 460 g/mol. The van der Waals surface area contributed by atoms with Crippen LogP contribution in [-0.2, 0) is 13.5 Å². The van der Waals surface area contributed by atoms with E-state index in [4.69, 9.17) is 0 Å². The number of benzene rings is 4. The maximum atomic E-state index is 2.60. The summed E-state index contributed by atoms with van der Waals surface area (Å²) in [6, 6.07) is 21.0. The summed E-state index contributed by atoms with van der Waals surface area (Å²) in [5.41, 5.74) is 11.2. The Balaban J connectivity index is 1.82. The summed E-state index contributed by atoms with van der Waals surface area (Å²) in [5, 5.41) is 9.62. The van der Waals surface area contributed by atoms with Crippen LogP contribution in [0.3, 0.4) is 0 Å². The van der Waals surface area contributed by atoms with Crippen LogP contribution in [-0.4, -0.2) is 4.40 Å². The topological polar surface area (TPSA) is 8.29 Å². The van der Waals surface area contributed by atoms with Crippen molar-refractivity contribution < 1.29 is 4.57 Å². The first-order valence-electron chi connectivity index (χ1n) is 14.0. The third-order valence-electron chi connectivity index (χ3n) is 8.74. The SMILES string of the molecule is Cc1c2cc(CC(C)(C)C)ccc2c(C)c2c1c1c3c(cc[n+]1C)cc(C(C)C)c1c4ccccc4n2c13. The zero-order valence-corrected chi connectivity index (χ0v) is 24.0. The van der Waals surface area contributed by atoms with Crippen LogP contribution >= 0.6 is 0 Å². The van der Waals surface area contributed by atoms with Gasteiger partial charge in [-0.05, 0) is 82.1 Å². The predicted molar refractivity (Wildman–Crippen MR) is 164 cm³/mol. The fourth-order valence-corrected chi connectivity index (χ4v) is 7.18. The first kappa shape index (κ1) is 23.5. The zero-order chi connectivity index (χ0) is 26.7. The molecule has 3 aromatic heterocycles. The number of nitrogens with zero attached hydrogens (tertiary/aromatic N) is 2. The lowest BCUT2D eigenvalue weighted by atomic mass is 9.85. The molecule has 0 aliphatic rings. The highest BCUT2D eigenvalue weighted by Crippen LogP contribution is 2.46. The van der Waals surface area contributed by atoms with Crippen molar-refractivity contribution in [2.75, 3.05) is 0 Å². The fourth-order valence-electron chi connectivity index (χ4n) is 7.18. The molecule has 0 fully saturated rings. The van der Waals surface area contributed by atoms with Crippen molar-refractivity contribution in [3.05, 3.63) is 83.0 Å².